The van der Waals surface area contributed by atoms with Crippen LogP contribution < -0.4 is 20.4 Å². The molecule has 2 N–H and O–H groups in total. The number of anilines is 2. The topological polar surface area (TPSA) is 109 Å². The second-order valence-corrected chi connectivity index (χ2v) is 11.4. The molecule has 10 nitrogen and oxygen atoms in total. The van der Waals surface area contributed by atoms with Crippen molar-refractivity contribution in [3.8, 4) is 0 Å². The van der Waals surface area contributed by atoms with Gasteiger partial charge in [-0.2, -0.15) is 0 Å². The number of hydrogen-bond acceptors (Lipinski definition) is 10. The number of nitrogens with zero attached hydrogens (tertiary/aromatic N) is 4. The van der Waals surface area contributed by atoms with Crippen molar-refractivity contribution in [1.82, 2.24) is 20.6 Å². The number of carbonyl (C=O) groups is 2. The first kappa shape index (κ1) is 25.9. The summed E-state index contributed by atoms with van der Waals surface area (Å²) in [7, 11) is 0. The Kier molecular flexibility index (Phi) is 6.61. The van der Waals surface area contributed by atoms with Crippen molar-refractivity contribution in [3.63, 3.8) is 0 Å². The Labute approximate surface area is 238 Å². The highest BCUT2D eigenvalue weighted by Crippen LogP contribution is 2.38. The van der Waals surface area contributed by atoms with Crippen LogP contribution in [0.4, 0.5) is 11.4 Å². The Morgan fingerprint density at radius 2 is 1.24 bits per heavy atom. The lowest BCUT2D eigenvalue weighted by molar-refractivity contribution is -0.163. The maximum atomic E-state index is 12.7. The van der Waals surface area contributed by atoms with E-state index in [0.29, 0.717) is 49.3 Å². The number of ether oxygens (including phenoxy) is 2. The number of carbonyl (C=O) groups excluding carboxylic acids is 2. The van der Waals surface area contributed by atoms with Crippen LogP contribution in [-0.2, 0) is 19.1 Å². The lowest BCUT2D eigenvalue weighted by atomic mass is 9.89. The van der Waals surface area contributed by atoms with Crippen molar-refractivity contribution in [2.75, 3.05) is 49.1 Å². The number of fused-ring (bicyclic) bond motifs is 2. The largest absolute Gasteiger partial charge is 0.451 e. The van der Waals surface area contributed by atoms with Gasteiger partial charge in [-0.15, -0.1) is 0 Å². The number of rotatable bonds is 6. The number of pyridine rings is 2. The van der Waals surface area contributed by atoms with E-state index in [2.05, 4.69) is 20.6 Å². The lowest BCUT2D eigenvalue weighted by Crippen LogP contribution is -2.69. The van der Waals surface area contributed by atoms with Gasteiger partial charge in [0.15, 0.2) is 11.2 Å². The van der Waals surface area contributed by atoms with E-state index in [0.717, 1.165) is 23.5 Å². The third-order valence-corrected chi connectivity index (χ3v) is 8.92. The Balaban J connectivity index is 1.05. The normalized spacial score (nSPS) is 29.5. The van der Waals surface area contributed by atoms with Crippen LogP contribution in [-0.4, -0.2) is 84.5 Å². The van der Waals surface area contributed by atoms with Gasteiger partial charge in [-0.1, -0.05) is 46.4 Å². The Morgan fingerprint density at radius 1 is 0.816 bits per heavy atom. The van der Waals surface area contributed by atoms with Crippen molar-refractivity contribution < 1.29 is 19.1 Å². The molecule has 4 fully saturated rings. The second kappa shape index (κ2) is 9.69. The molecule has 6 heterocycles. The predicted octanol–water partition coefficient (Wildman–Crippen LogP) is 2.49. The summed E-state index contributed by atoms with van der Waals surface area (Å²) in [6, 6.07) is 3.36. The molecule has 4 aliphatic heterocycles. The average Bonchev–Trinajstić information content (AvgIpc) is 3.26. The van der Waals surface area contributed by atoms with Gasteiger partial charge in [-0.3, -0.25) is 0 Å². The van der Waals surface area contributed by atoms with E-state index in [-0.39, 0.29) is 22.4 Å². The first-order valence-corrected chi connectivity index (χ1v) is 13.4. The average molecular weight is 600 g/mol. The quantitative estimate of drug-likeness (QED) is 0.292. The molecular weight excluding hydrogens is 578 g/mol. The molecule has 0 aliphatic carbocycles. The Hall–Kier alpha value is -2.34. The van der Waals surface area contributed by atoms with Gasteiger partial charge in [-0.05, 0) is 12.1 Å². The maximum Gasteiger partial charge on any atom is 0.331 e. The zero-order valence-electron chi connectivity index (χ0n) is 19.8. The molecule has 0 aromatic carbocycles. The van der Waals surface area contributed by atoms with Gasteiger partial charge in [0.05, 0.1) is 59.0 Å². The molecule has 0 amide bonds. The van der Waals surface area contributed by atoms with Crippen molar-refractivity contribution in [2.45, 2.75) is 23.3 Å². The molecule has 0 spiro atoms. The molecule has 14 heteroatoms. The highest BCUT2D eigenvalue weighted by atomic mass is 35.5. The summed E-state index contributed by atoms with van der Waals surface area (Å²) in [6.07, 6.45) is 5.50. The van der Waals surface area contributed by atoms with E-state index in [1.165, 1.54) is 0 Å². The fraction of sp³-hybridized carbons (Fsp3) is 0.417. The monoisotopic (exact) mass is 598 g/mol. The predicted molar refractivity (Wildman–Crippen MR) is 143 cm³/mol. The molecule has 0 radical (unpaired) electrons. The van der Waals surface area contributed by atoms with Crippen LogP contribution in [0.2, 0.25) is 20.4 Å². The van der Waals surface area contributed by atoms with Crippen molar-refractivity contribution in [2.24, 2.45) is 0 Å². The van der Waals surface area contributed by atoms with Crippen LogP contribution in [0.5, 0.6) is 0 Å². The summed E-state index contributed by atoms with van der Waals surface area (Å²) in [6.45, 7) is 3.15. The van der Waals surface area contributed by atoms with Gasteiger partial charge < -0.3 is 29.9 Å². The number of halogens is 4. The molecule has 0 saturated carbocycles. The summed E-state index contributed by atoms with van der Waals surface area (Å²) in [5.41, 5.74) is 0.156. The number of hydrogen-bond donors (Lipinski definition) is 2. The van der Waals surface area contributed by atoms with Crippen LogP contribution in [0.15, 0.2) is 36.7 Å². The van der Waals surface area contributed by atoms with Gasteiger partial charge >= 0.3 is 11.9 Å². The molecule has 0 bridgehead atoms. The highest BCUT2D eigenvalue weighted by molar-refractivity contribution is 6.41. The zero-order chi connectivity index (χ0) is 26.7. The molecule has 6 rings (SSSR count). The first-order valence-electron chi connectivity index (χ1n) is 11.9. The number of esters is 2. The fourth-order valence-corrected chi connectivity index (χ4v) is 5.93. The molecule has 2 aromatic rings. The summed E-state index contributed by atoms with van der Waals surface area (Å²) in [4.78, 5) is 37.6. The molecule has 0 unspecified atom stereocenters. The molecule has 4 saturated heterocycles. The van der Waals surface area contributed by atoms with Crippen LogP contribution in [0.1, 0.15) is 0 Å². The summed E-state index contributed by atoms with van der Waals surface area (Å²) in [5.74, 6) is -1.23. The number of nitrogens with one attached hydrogen (secondary N) is 2. The third kappa shape index (κ3) is 4.57. The molecule has 38 heavy (non-hydrogen) atoms. The summed E-state index contributed by atoms with van der Waals surface area (Å²) < 4.78 is 11.6. The minimum atomic E-state index is -0.709. The lowest BCUT2D eigenvalue weighted by Gasteiger charge is -2.43. The molecule has 4 aliphatic rings. The summed E-state index contributed by atoms with van der Waals surface area (Å²) in [5, 5.41) is 7.74. The van der Waals surface area contributed by atoms with E-state index < -0.39 is 23.1 Å². The zero-order valence-corrected chi connectivity index (χ0v) is 22.8. The highest BCUT2D eigenvalue weighted by Gasteiger charge is 2.57. The van der Waals surface area contributed by atoms with Gasteiger partial charge in [0, 0.05) is 38.3 Å². The van der Waals surface area contributed by atoms with Gasteiger partial charge in [0.1, 0.15) is 10.3 Å². The smallest absolute Gasteiger partial charge is 0.331 e. The van der Waals surface area contributed by atoms with Crippen molar-refractivity contribution in [3.05, 3.63) is 57.0 Å². The minimum Gasteiger partial charge on any atom is -0.451 e. The van der Waals surface area contributed by atoms with Gasteiger partial charge in [-0.25, -0.2) is 19.6 Å². The minimum absolute atomic E-state index is 0.0534. The standard InChI is InChI=1S/C24H22Cl4N6O4/c25-15-3-13(5-29-21(15)27)33-7-17-23(11-33,9-31-17)37-19(35)1-2-20(36)38-24-10-32-18(24)8-34(12-24)14-4-16(26)22(28)30-6-14/h1-6,17-18,31-32H,7-12H2/b2-1-/t17-,18-,23+,24+/m1/s1. The van der Waals surface area contributed by atoms with E-state index in [9.17, 15) is 9.59 Å². The van der Waals surface area contributed by atoms with Crippen LogP contribution >= 0.6 is 46.4 Å². The molecule has 4 atom stereocenters. The maximum absolute atomic E-state index is 12.7. The van der Waals surface area contributed by atoms with E-state index in [1.54, 1.807) is 24.5 Å². The van der Waals surface area contributed by atoms with E-state index in [1.807, 2.05) is 9.80 Å². The second-order valence-electron chi connectivity index (χ2n) is 9.87. The number of aromatic nitrogens is 2. The van der Waals surface area contributed by atoms with E-state index >= 15 is 0 Å². The SMILES string of the molecule is O=C(/C=C\C(=O)O[C@]12CN[C@@H]1CN(c1cnc(Cl)c(Cl)c1)C2)O[C@]12CN[C@@H]1CN(c1cnc(Cl)c(Cl)c1)C2. The first-order chi connectivity index (χ1) is 18.2. The van der Waals surface area contributed by atoms with Crippen LogP contribution in [0.3, 0.4) is 0 Å². The van der Waals surface area contributed by atoms with Crippen LogP contribution in [0, 0.1) is 0 Å². The van der Waals surface area contributed by atoms with Crippen LogP contribution in [0.25, 0.3) is 0 Å². The van der Waals surface area contributed by atoms with E-state index in [4.69, 9.17) is 55.9 Å². The summed E-state index contributed by atoms with van der Waals surface area (Å²) >= 11 is 24.1. The molecular formula is C24H22Cl4N6O4. The van der Waals surface area contributed by atoms with Gasteiger partial charge in [0.25, 0.3) is 0 Å². The van der Waals surface area contributed by atoms with Crippen molar-refractivity contribution >= 4 is 69.7 Å². The van der Waals surface area contributed by atoms with Gasteiger partial charge in [0.2, 0.25) is 0 Å². The third-order valence-electron chi connectivity index (χ3n) is 7.55. The molecule has 200 valence electrons. The Morgan fingerprint density at radius 3 is 1.58 bits per heavy atom. The Bertz CT molecular complexity index is 1250. The van der Waals surface area contributed by atoms with Crippen molar-refractivity contribution in [1.29, 1.82) is 0 Å². The molecule has 2 aromatic heterocycles. The fourth-order valence-electron chi connectivity index (χ4n) is 5.40.